The van der Waals surface area contributed by atoms with E-state index in [9.17, 15) is 0 Å². The molecule has 0 unspecified atom stereocenters. The van der Waals surface area contributed by atoms with Crippen LogP contribution in [0.1, 0.15) is 52.7 Å². The van der Waals surface area contributed by atoms with Gasteiger partial charge in [-0.15, -0.1) is 0 Å². The molecule has 0 radical (unpaired) electrons. The topological polar surface area (TPSA) is 18.5 Å². The minimum atomic E-state index is 0.0394. The van der Waals surface area contributed by atoms with E-state index in [0.29, 0.717) is 0 Å². The Morgan fingerprint density at radius 1 is 0.315 bits per heavy atom. The first-order valence-corrected chi connectivity index (χ1v) is 18.9. The van der Waals surface area contributed by atoms with Gasteiger partial charge in [0.25, 0.3) is 0 Å². The van der Waals surface area contributed by atoms with Gasteiger partial charge in [0, 0.05) is 0 Å². The molecule has 0 saturated carbocycles. The van der Waals surface area contributed by atoms with Crippen LogP contribution in [0.25, 0.3) is 76.8 Å². The predicted molar refractivity (Wildman–Crippen MR) is 231 cm³/mol. The highest BCUT2D eigenvalue weighted by molar-refractivity contribution is 6.33. The number of hydrogen-bond acceptors (Lipinski definition) is 2. The molecule has 8 rings (SSSR count). The third kappa shape index (κ3) is 6.10. The summed E-state index contributed by atoms with van der Waals surface area (Å²) in [7, 11) is 3.46. The Morgan fingerprint density at radius 2 is 0.556 bits per heavy atom. The lowest BCUT2D eigenvalue weighted by molar-refractivity contribution is 0.415. The first-order chi connectivity index (χ1) is 26.0. The van der Waals surface area contributed by atoms with Crippen LogP contribution in [0.3, 0.4) is 0 Å². The zero-order valence-corrected chi connectivity index (χ0v) is 32.7. The van der Waals surface area contributed by atoms with E-state index in [1.165, 1.54) is 76.8 Å². The van der Waals surface area contributed by atoms with Gasteiger partial charge in [0.05, 0.1) is 14.2 Å². The van der Waals surface area contributed by atoms with Crippen LogP contribution < -0.4 is 9.47 Å². The smallest absolute Gasteiger partial charge is 0.118 e. The maximum atomic E-state index is 5.67. The van der Waals surface area contributed by atoms with E-state index in [-0.39, 0.29) is 10.8 Å². The number of fused-ring (bicyclic) bond motifs is 3. The first-order valence-electron chi connectivity index (χ1n) is 18.9. The molecule has 0 amide bonds. The normalized spacial score (nSPS) is 12.1. The largest absolute Gasteiger partial charge is 0.497 e. The van der Waals surface area contributed by atoms with Gasteiger partial charge in [0.2, 0.25) is 0 Å². The molecule has 0 aliphatic carbocycles. The SMILES string of the molecule is COc1ccc(-c2c3ccccc3c(-c3ccc(C(C)(C)C)cc3)c3c(-c4ccc(OC)cc4)c4ccccc4c(-c4ccc(C(C)(C)C)cc4)c23)cc1. The first kappa shape index (κ1) is 35.2. The molecule has 8 aromatic carbocycles. The van der Waals surface area contributed by atoms with Gasteiger partial charge in [-0.25, -0.2) is 0 Å². The summed E-state index contributed by atoms with van der Waals surface area (Å²) in [6.45, 7) is 13.7. The fourth-order valence-electron chi connectivity index (χ4n) is 8.12. The fraction of sp³-hybridized carbons (Fsp3) is 0.192. The van der Waals surface area contributed by atoms with Crippen molar-refractivity contribution in [1.29, 1.82) is 0 Å². The van der Waals surface area contributed by atoms with Crippen LogP contribution in [0.5, 0.6) is 11.5 Å². The van der Waals surface area contributed by atoms with Crippen LogP contribution in [0.2, 0.25) is 0 Å². The summed E-state index contributed by atoms with van der Waals surface area (Å²) in [4.78, 5) is 0. The molecule has 54 heavy (non-hydrogen) atoms. The highest BCUT2D eigenvalue weighted by atomic mass is 16.5. The number of hydrogen-bond donors (Lipinski definition) is 0. The van der Waals surface area contributed by atoms with Crippen molar-refractivity contribution in [3.8, 4) is 56.0 Å². The van der Waals surface area contributed by atoms with E-state index in [1.54, 1.807) is 14.2 Å². The van der Waals surface area contributed by atoms with Crippen LogP contribution in [-0.4, -0.2) is 14.2 Å². The van der Waals surface area contributed by atoms with Crippen molar-refractivity contribution in [2.75, 3.05) is 14.2 Å². The fourth-order valence-corrected chi connectivity index (χ4v) is 8.12. The number of benzene rings is 8. The number of rotatable bonds is 6. The molecule has 268 valence electrons. The van der Waals surface area contributed by atoms with Gasteiger partial charge < -0.3 is 9.47 Å². The van der Waals surface area contributed by atoms with Gasteiger partial charge in [0.1, 0.15) is 11.5 Å². The average Bonchev–Trinajstić information content (AvgIpc) is 3.18. The molecule has 2 nitrogen and oxygen atoms in total. The lowest BCUT2D eigenvalue weighted by Gasteiger charge is -2.26. The van der Waals surface area contributed by atoms with Crippen molar-refractivity contribution in [3.05, 3.63) is 157 Å². The molecular formula is C52H48O2. The third-order valence-corrected chi connectivity index (χ3v) is 11.0. The van der Waals surface area contributed by atoms with Crippen LogP contribution in [0, 0.1) is 0 Å². The van der Waals surface area contributed by atoms with E-state index in [0.717, 1.165) is 22.6 Å². The zero-order chi connectivity index (χ0) is 37.8. The zero-order valence-electron chi connectivity index (χ0n) is 32.7. The maximum Gasteiger partial charge on any atom is 0.118 e. The lowest BCUT2D eigenvalue weighted by atomic mass is 9.77. The van der Waals surface area contributed by atoms with Gasteiger partial charge in [-0.2, -0.15) is 0 Å². The summed E-state index contributed by atoms with van der Waals surface area (Å²) in [5.74, 6) is 1.68. The Balaban J connectivity index is 1.66. The Bertz CT molecular complexity index is 2440. The van der Waals surface area contributed by atoms with Crippen LogP contribution >= 0.6 is 0 Å². The summed E-state index contributed by atoms with van der Waals surface area (Å²) in [5, 5.41) is 7.35. The second kappa shape index (κ2) is 13.5. The molecule has 8 aromatic rings. The van der Waals surface area contributed by atoms with E-state index in [2.05, 4.69) is 187 Å². The van der Waals surface area contributed by atoms with Gasteiger partial charge in [-0.1, -0.05) is 163 Å². The highest BCUT2D eigenvalue weighted by Gasteiger charge is 2.26. The van der Waals surface area contributed by atoms with E-state index >= 15 is 0 Å². The number of methoxy groups -OCH3 is 2. The van der Waals surface area contributed by atoms with Gasteiger partial charge in [0.15, 0.2) is 0 Å². The van der Waals surface area contributed by atoms with Crippen molar-refractivity contribution in [2.24, 2.45) is 0 Å². The summed E-state index contributed by atoms with van der Waals surface area (Å²) in [5.41, 5.74) is 12.3. The monoisotopic (exact) mass is 704 g/mol. The summed E-state index contributed by atoms with van der Waals surface area (Å²) in [6, 6.07) is 53.7. The van der Waals surface area contributed by atoms with Gasteiger partial charge in [-0.3, -0.25) is 0 Å². The minimum absolute atomic E-state index is 0.0394. The Hall–Kier alpha value is -5.86. The van der Waals surface area contributed by atoms with E-state index in [1.807, 2.05) is 0 Å². The average molecular weight is 705 g/mol. The van der Waals surface area contributed by atoms with Gasteiger partial charge >= 0.3 is 0 Å². The van der Waals surface area contributed by atoms with Crippen LogP contribution in [0.15, 0.2) is 146 Å². The quantitative estimate of drug-likeness (QED) is 0.160. The standard InChI is InChI=1S/C52H48O2/c1-51(2,3)37-25-17-33(18-26-37)45-41-13-9-11-15-43(41)48(36-23-31-40(54-8)32-24-36)50-46(34-19-27-38(28-20-34)52(4,5)6)42-14-10-12-16-44(42)47(49(45)50)35-21-29-39(53-7)30-22-35/h9-32H,1-8H3. The second-order valence-corrected chi connectivity index (χ2v) is 16.5. The van der Waals surface area contributed by atoms with Crippen molar-refractivity contribution in [2.45, 2.75) is 52.4 Å². The molecule has 0 heterocycles. The van der Waals surface area contributed by atoms with Crippen molar-refractivity contribution >= 4 is 32.3 Å². The van der Waals surface area contributed by atoms with Crippen LogP contribution in [0.4, 0.5) is 0 Å². The molecule has 0 N–H and O–H groups in total. The van der Waals surface area contributed by atoms with Crippen molar-refractivity contribution in [1.82, 2.24) is 0 Å². The molecule has 2 heteroatoms. The molecule has 0 fully saturated rings. The maximum absolute atomic E-state index is 5.67. The minimum Gasteiger partial charge on any atom is -0.497 e. The summed E-state index contributed by atoms with van der Waals surface area (Å²) < 4.78 is 11.3. The van der Waals surface area contributed by atoms with Crippen molar-refractivity contribution < 1.29 is 9.47 Å². The second-order valence-electron chi connectivity index (χ2n) is 16.5. The van der Waals surface area contributed by atoms with E-state index in [4.69, 9.17) is 9.47 Å². The van der Waals surface area contributed by atoms with Gasteiger partial charge in [-0.05, 0) is 123 Å². The summed E-state index contributed by atoms with van der Waals surface area (Å²) >= 11 is 0. The molecule has 0 aliphatic rings. The summed E-state index contributed by atoms with van der Waals surface area (Å²) in [6.07, 6.45) is 0. The molecule has 0 saturated heterocycles. The Labute approximate surface area is 320 Å². The molecule has 0 spiro atoms. The molecule has 0 atom stereocenters. The van der Waals surface area contributed by atoms with Crippen molar-refractivity contribution in [3.63, 3.8) is 0 Å². The predicted octanol–water partition coefficient (Wildman–Crippen LogP) is 14.4. The third-order valence-electron chi connectivity index (χ3n) is 11.0. The van der Waals surface area contributed by atoms with Crippen LogP contribution in [-0.2, 0) is 10.8 Å². The van der Waals surface area contributed by atoms with E-state index < -0.39 is 0 Å². The Morgan fingerprint density at radius 3 is 0.778 bits per heavy atom. The molecule has 0 aliphatic heterocycles. The molecule has 0 bridgehead atoms. The number of ether oxygens (including phenoxy) is 2. The Kier molecular flexibility index (Phi) is 8.81. The molecular weight excluding hydrogens is 657 g/mol. The lowest BCUT2D eigenvalue weighted by Crippen LogP contribution is -2.10. The highest BCUT2D eigenvalue weighted by Crippen LogP contribution is 2.54. The molecule has 0 aromatic heterocycles.